The molecule has 4 heteroatoms. The summed E-state index contributed by atoms with van der Waals surface area (Å²) in [6.45, 7) is 4.96. The number of esters is 1. The Balaban J connectivity index is 2.48. The average Bonchev–Trinajstić information content (AvgIpc) is 2.74. The Bertz CT molecular complexity index is 349. The summed E-state index contributed by atoms with van der Waals surface area (Å²) in [6.07, 6.45) is 2.97. The lowest BCUT2D eigenvalue weighted by Crippen LogP contribution is -2.37. The van der Waals surface area contributed by atoms with E-state index in [0.717, 1.165) is 25.8 Å². The highest BCUT2D eigenvalue weighted by molar-refractivity contribution is 7.10. The van der Waals surface area contributed by atoms with Gasteiger partial charge in [-0.3, -0.25) is 10.1 Å². The smallest absolute Gasteiger partial charge is 0.322 e. The molecule has 0 bridgehead atoms. The Morgan fingerprint density at radius 1 is 1.59 bits per heavy atom. The molecular weight excluding hydrogens is 234 g/mol. The minimum Gasteiger partial charge on any atom is -0.468 e. The molecule has 0 saturated heterocycles. The Morgan fingerprint density at radius 2 is 2.35 bits per heavy atom. The molecule has 1 unspecified atom stereocenters. The fourth-order valence-electron chi connectivity index (χ4n) is 1.65. The van der Waals surface area contributed by atoms with Crippen LogP contribution >= 0.6 is 11.3 Å². The largest absolute Gasteiger partial charge is 0.468 e. The Morgan fingerprint density at radius 3 is 2.88 bits per heavy atom. The molecule has 0 radical (unpaired) electrons. The lowest BCUT2D eigenvalue weighted by molar-refractivity contribution is -0.143. The number of hydrogen-bond acceptors (Lipinski definition) is 4. The molecule has 1 atom stereocenters. The third-order valence-electron chi connectivity index (χ3n) is 2.81. The van der Waals surface area contributed by atoms with Crippen LogP contribution in [0.15, 0.2) is 11.4 Å². The maximum Gasteiger partial charge on any atom is 0.322 e. The molecule has 0 spiro atoms. The minimum atomic E-state index is -0.179. The van der Waals surface area contributed by atoms with Crippen molar-refractivity contribution in [1.82, 2.24) is 5.32 Å². The van der Waals surface area contributed by atoms with E-state index in [0.29, 0.717) is 0 Å². The van der Waals surface area contributed by atoms with E-state index in [4.69, 9.17) is 4.74 Å². The van der Waals surface area contributed by atoms with Crippen LogP contribution in [0.1, 0.15) is 36.6 Å². The molecule has 0 aromatic carbocycles. The fourth-order valence-corrected chi connectivity index (χ4v) is 2.51. The second kappa shape index (κ2) is 7.45. The first-order valence-electron chi connectivity index (χ1n) is 6.03. The normalized spacial score (nSPS) is 12.4. The van der Waals surface area contributed by atoms with Gasteiger partial charge in [0.15, 0.2) is 0 Å². The summed E-state index contributed by atoms with van der Waals surface area (Å²) in [5.74, 6) is -0.160. The number of aryl methyl sites for hydroxylation is 1. The predicted octanol–water partition coefficient (Wildman–Crippen LogP) is 2.88. The molecule has 0 fully saturated rings. The zero-order valence-electron chi connectivity index (χ0n) is 10.8. The third-order valence-corrected chi connectivity index (χ3v) is 3.83. The van der Waals surface area contributed by atoms with Crippen LogP contribution in [0, 0.1) is 6.92 Å². The standard InChI is InChI=1S/C13H21NO2S/c1-4-5-6-11(13(15)16-3)14-9-12-10(2)7-8-17-12/h7-8,11,14H,4-6,9H2,1-3H3. The van der Waals surface area contributed by atoms with E-state index in [9.17, 15) is 4.79 Å². The summed E-state index contributed by atoms with van der Waals surface area (Å²) in [7, 11) is 1.44. The van der Waals surface area contributed by atoms with E-state index >= 15 is 0 Å². The third kappa shape index (κ3) is 4.48. The summed E-state index contributed by atoms with van der Waals surface area (Å²) in [6, 6.07) is 1.92. The van der Waals surface area contributed by atoms with Crippen molar-refractivity contribution in [3.8, 4) is 0 Å². The first-order valence-corrected chi connectivity index (χ1v) is 6.91. The summed E-state index contributed by atoms with van der Waals surface area (Å²) in [5.41, 5.74) is 1.28. The zero-order chi connectivity index (χ0) is 12.7. The second-order valence-corrected chi connectivity index (χ2v) is 5.13. The zero-order valence-corrected chi connectivity index (χ0v) is 11.6. The van der Waals surface area contributed by atoms with Crippen molar-refractivity contribution in [1.29, 1.82) is 0 Å². The van der Waals surface area contributed by atoms with E-state index in [1.165, 1.54) is 17.6 Å². The van der Waals surface area contributed by atoms with E-state index in [1.807, 2.05) is 0 Å². The molecule has 0 saturated carbocycles. The van der Waals surface area contributed by atoms with Crippen molar-refractivity contribution in [3.63, 3.8) is 0 Å². The number of hydrogen-bond donors (Lipinski definition) is 1. The maximum absolute atomic E-state index is 11.6. The molecular formula is C13H21NO2S. The first kappa shape index (κ1) is 14.2. The highest BCUT2D eigenvalue weighted by Gasteiger charge is 2.18. The van der Waals surface area contributed by atoms with Gasteiger partial charge >= 0.3 is 5.97 Å². The van der Waals surface area contributed by atoms with E-state index in [1.54, 1.807) is 11.3 Å². The van der Waals surface area contributed by atoms with Gasteiger partial charge in [-0.25, -0.2) is 0 Å². The van der Waals surface area contributed by atoms with E-state index < -0.39 is 0 Å². The topological polar surface area (TPSA) is 38.3 Å². The number of rotatable bonds is 7. The quantitative estimate of drug-likeness (QED) is 0.761. The number of carbonyl (C=O) groups excluding carboxylic acids is 1. The van der Waals surface area contributed by atoms with Crippen LogP contribution in [-0.4, -0.2) is 19.1 Å². The fraction of sp³-hybridized carbons (Fsp3) is 0.615. The lowest BCUT2D eigenvalue weighted by Gasteiger charge is -2.15. The molecule has 1 aromatic rings. The van der Waals surface area contributed by atoms with Gasteiger partial charge in [-0.2, -0.15) is 0 Å². The number of carbonyl (C=O) groups is 1. The molecule has 1 rings (SSSR count). The van der Waals surface area contributed by atoms with Crippen LogP contribution < -0.4 is 5.32 Å². The molecule has 0 amide bonds. The predicted molar refractivity (Wildman–Crippen MR) is 71.2 cm³/mol. The molecule has 1 N–H and O–H groups in total. The highest BCUT2D eigenvalue weighted by Crippen LogP contribution is 2.15. The van der Waals surface area contributed by atoms with Crippen molar-refractivity contribution in [2.45, 2.75) is 45.7 Å². The van der Waals surface area contributed by atoms with Crippen molar-refractivity contribution >= 4 is 17.3 Å². The summed E-state index contributed by atoms with van der Waals surface area (Å²) < 4.78 is 4.81. The van der Waals surface area contributed by atoms with Gasteiger partial charge < -0.3 is 4.74 Å². The first-order chi connectivity index (χ1) is 8.19. The minimum absolute atomic E-state index is 0.160. The molecule has 1 heterocycles. The van der Waals surface area contributed by atoms with Crippen molar-refractivity contribution in [3.05, 3.63) is 21.9 Å². The maximum atomic E-state index is 11.6. The molecule has 0 aliphatic heterocycles. The van der Waals surface area contributed by atoms with Crippen molar-refractivity contribution in [2.24, 2.45) is 0 Å². The molecule has 17 heavy (non-hydrogen) atoms. The van der Waals surface area contributed by atoms with Gasteiger partial charge in [0.1, 0.15) is 6.04 Å². The van der Waals surface area contributed by atoms with Gasteiger partial charge in [-0.1, -0.05) is 19.8 Å². The average molecular weight is 255 g/mol. The number of thiophene rings is 1. The molecule has 0 aliphatic rings. The van der Waals surface area contributed by atoms with Crippen LogP contribution in [0.25, 0.3) is 0 Å². The van der Waals surface area contributed by atoms with Crippen LogP contribution in [-0.2, 0) is 16.1 Å². The van der Waals surface area contributed by atoms with Crippen LogP contribution in [0.5, 0.6) is 0 Å². The lowest BCUT2D eigenvalue weighted by atomic mass is 10.1. The Kier molecular flexibility index (Phi) is 6.22. The summed E-state index contributed by atoms with van der Waals surface area (Å²) >= 11 is 1.72. The second-order valence-electron chi connectivity index (χ2n) is 4.13. The van der Waals surface area contributed by atoms with Crippen LogP contribution in [0.4, 0.5) is 0 Å². The van der Waals surface area contributed by atoms with Crippen LogP contribution in [0.3, 0.4) is 0 Å². The molecule has 0 aliphatic carbocycles. The number of ether oxygens (including phenoxy) is 1. The van der Waals surface area contributed by atoms with Gasteiger partial charge in [0.2, 0.25) is 0 Å². The SMILES string of the molecule is CCCCC(NCc1sccc1C)C(=O)OC. The van der Waals surface area contributed by atoms with E-state index in [-0.39, 0.29) is 12.0 Å². The van der Waals surface area contributed by atoms with Gasteiger partial charge in [-0.15, -0.1) is 11.3 Å². The van der Waals surface area contributed by atoms with Gasteiger partial charge in [-0.05, 0) is 30.4 Å². The Labute approximate surface area is 107 Å². The van der Waals surface area contributed by atoms with Gasteiger partial charge in [0.25, 0.3) is 0 Å². The molecule has 3 nitrogen and oxygen atoms in total. The van der Waals surface area contributed by atoms with Gasteiger partial charge in [0, 0.05) is 11.4 Å². The summed E-state index contributed by atoms with van der Waals surface area (Å²) in [5, 5.41) is 5.36. The monoisotopic (exact) mass is 255 g/mol. The molecule has 96 valence electrons. The van der Waals surface area contributed by atoms with Crippen molar-refractivity contribution in [2.75, 3.05) is 7.11 Å². The van der Waals surface area contributed by atoms with Crippen LogP contribution in [0.2, 0.25) is 0 Å². The number of unbranched alkanes of at least 4 members (excludes halogenated alkanes) is 1. The van der Waals surface area contributed by atoms with Crippen molar-refractivity contribution < 1.29 is 9.53 Å². The highest BCUT2D eigenvalue weighted by atomic mass is 32.1. The molecule has 1 aromatic heterocycles. The Hall–Kier alpha value is -0.870. The number of methoxy groups -OCH3 is 1. The van der Waals surface area contributed by atoms with E-state index in [2.05, 4.69) is 30.6 Å². The van der Waals surface area contributed by atoms with Gasteiger partial charge in [0.05, 0.1) is 7.11 Å². The number of nitrogens with one attached hydrogen (secondary N) is 1. The summed E-state index contributed by atoms with van der Waals surface area (Å²) in [4.78, 5) is 12.9.